The van der Waals surface area contributed by atoms with Crippen LogP contribution in [0.25, 0.3) is 0 Å². The summed E-state index contributed by atoms with van der Waals surface area (Å²) < 4.78 is 114. The average molecular weight is 437 g/mol. The van der Waals surface area contributed by atoms with Gasteiger partial charge >= 0.3 is 7.25 Å². The number of rotatable bonds is 3. The second-order valence-electron chi connectivity index (χ2n) is 6.48. The van der Waals surface area contributed by atoms with Gasteiger partial charge in [0, 0.05) is 0 Å². The minimum absolute atomic E-state index is 0.0357. The Labute approximate surface area is 160 Å². The molecule has 2 aliphatic rings. The van der Waals surface area contributed by atoms with Crippen LogP contribution in [0.2, 0.25) is 0 Å². The van der Waals surface area contributed by atoms with Gasteiger partial charge in [0.15, 0.2) is 35.6 Å². The monoisotopic (exact) mass is 437 g/mol. The third-order valence-electron chi connectivity index (χ3n) is 4.59. The highest BCUT2D eigenvalue weighted by Crippen LogP contribution is 2.31. The molecule has 14 heteroatoms. The molecular formula is C15H17BF9N3O. The van der Waals surface area contributed by atoms with Gasteiger partial charge in [-0.2, -0.15) is 10.4 Å². The maximum absolute atomic E-state index is 14.0. The summed E-state index contributed by atoms with van der Waals surface area (Å²) in [5.74, 6) is -9.04. The Bertz CT molecular complexity index is 767. The summed E-state index contributed by atoms with van der Waals surface area (Å²) in [5, 5.41) is 0.926. The Balaban J connectivity index is 0.000000537. The van der Waals surface area contributed by atoms with Crippen molar-refractivity contribution in [2.24, 2.45) is 5.92 Å². The van der Waals surface area contributed by atoms with Gasteiger partial charge in [-0.25, -0.2) is 26.5 Å². The van der Waals surface area contributed by atoms with E-state index in [1.807, 2.05) is 18.4 Å². The van der Waals surface area contributed by atoms with Crippen molar-refractivity contribution in [3.63, 3.8) is 0 Å². The van der Waals surface area contributed by atoms with Crippen LogP contribution >= 0.6 is 0 Å². The molecule has 164 valence electrons. The maximum atomic E-state index is 14.0. The van der Waals surface area contributed by atoms with Crippen molar-refractivity contribution in [2.75, 3.05) is 24.9 Å². The number of anilines is 1. The molecule has 2 atom stereocenters. The fourth-order valence-corrected chi connectivity index (χ4v) is 2.98. The highest BCUT2D eigenvalue weighted by atomic mass is 19.5. The van der Waals surface area contributed by atoms with Crippen LogP contribution in [0.1, 0.15) is 20.3 Å². The maximum Gasteiger partial charge on any atom is 0.673 e. The second-order valence-corrected chi connectivity index (χ2v) is 6.48. The molecular weight excluding hydrogens is 420 g/mol. The molecule has 1 unspecified atom stereocenters. The van der Waals surface area contributed by atoms with Gasteiger partial charge < -0.3 is 22.0 Å². The largest absolute Gasteiger partial charge is 0.673 e. The van der Waals surface area contributed by atoms with Crippen LogP contribution in [0.4, 0.5) is 44.9 Å². The molecule has 0 saturated carbocycles. The van der Waals surface area contributed by atoms with E-state index in [-0.39, 0.29) is 25.2 Å². The second kappa shape index (κ2) is 8.72. The number of halogens is 9. The van der Waals surface area contributed by atoms with Crippen molar-refractivity contribution in [1.82, 2.24) is 5.43 Å². The summed E-state index contributed by atoms with van der Waals surface area (Å²) >= 11 is 0. The van der Waals surface area contributed by atoms with E-state index < -0.39 is 42.0 Å². The first kappa shape index (κ1) is 23.2. The predicted molar refractivity (Wildman–Crippen MR) is 86.2 cm³/mol. The van der Waals surface area contributed by atoms with Crippen molar-refractivity contribution in [1.29, 1.82) is 0 Å². The zero-order valence-corrected chi connectivity index (χ0v) is 15.3. The van der Waals surface area contributed by atoms with Crippen LogP contribution in [0.15, 0.2) is 0 Å². The lowest BCUT2D eigenvalue weighted by molar-refractivity contribution is -0.578. The molecule has 2 heterocycles. The molecule has 1 N–H and O–H groups in total. The lowest BCUT2D eigenvalue weighted by Crippen LogP contribution is -2.45. The molecule has 0 aromatic heterocycles. The van der Waals surface area contributed by atoms with Gasteiger partial charge in [-0.05, 0) is 12.3 Å². The van der Waals surface area contributed by atoms with Crippen LogP contribution in [0.5, 0.6) is 0 Å². The number of nitrogens with zero attached hydrogens (tertiary/aromatic N) is 2. The van der Waals surface area contributed by atoms with E-state index in [1.54, 1.807) is 0 Å². The van der Waals surface area contributed by atoms with Crippen molar-refractivity contribution < 1.29 is 48.5 Å². The SMILES string of the molecule is CCC(C)[C@H]1COCC2=[N+]1CN(c1c(F)c(F)c(F)c(F)c1F)N2.F[B-](F)(F)F. The molecule has 0 fully saturated rings. The van der Waals surface area contributed by atoms with E-state index in [2.05, 4.69) is 5.43 Å². The van der Waals surface area contributed by atoms with E-state index in [0.717, 1.165) is 11.4 Å². The van der Waals surface area contributed by atoms with Crippen molar-refractivity contribution in [3.8, 4) is 0 Å². The van der Waals surface area contributed by atoms with E-state index in [4.69, 9.17) is 4.74 Å². The molecule has 0 radical (unpaired) electrons. The van der Waals surface area contributed by atoms with E-state index >= 15 is 0 Å². The summed E-state index contributed by atoms with van der Waals surface area (Å²) in [5.41, 5.74) is 1.70. The highest BCUT2D eigenvalue weighted by molar-refractivity contribution is 6.50. The van der Waals surface area contributed by atoms with Gasteiger partial charge in [0.1, 0.15) is 12.6 Å². The molecule has 0 amide bonds. The van der Waals surface area contributed by atoms with Crippen molar-refractivity contribution >= 4 is 18.8 Å². The topological polar surface area (TPSA) is 27.5 Å². The highest BCUT2D eigenvalue weighted by Gasteiger charge is 2.42. The van der Waals surface area contributed by atoms with Crippen LogP contribution in [-0.4, -0.2) is 43.6 Å². The predicted octanol–water partition coefficient (Wildman–Crippen LogP) is 3.82. The van der Waals surface area contributed by atoms with Gasteiger partial charge in [0.2, 0.25) is 5.82 Å². The van der Waals surface area contributed by atoms with E-state index in [0.29, 0.717) is 12.4 Å². The fraction of sp³-hybridized carbons (Fsp3) is 0.533. The third kappa shape index (κ3) is 5.09. The van der Waals surface area contributed by atoms with Crippen molar-refractivity contribution in [2.45, 2.75) is 26.3 Å². The number of amidine groups is 1. The molecule has 1 aromatic carbocycles. The van der Waals surface area contributed by atoms with Crippen molar-refractivity contribution in [3.05, 3.63) is 29.1 Å². The first-order valence-electron chi connectivity index (χ1n) is 8.49. The molecule has 0 spiro atoms. The Morgan fingerprint density at radius 2 is 1.52 bits per heavy atom. The molecule has 4 nitrogen and oxygen atoms in total. The molecule has 0 saturated heterocycles. The normalized spacial score (nSPS) is 20.1. The van der Waals surface area contributed by atoms with Gasteiger partial charge in [-0.3, -0.25) is 0 Å². The van der Waals surface area contributed by atoms with Gasteiger partial charge in [0.05, 0.1) is 6.61 Å². The summed E-state index contributed by atoms with van der Waals surface area (Å²) in [6, 6.07) is -0.0440. The van der Waals surface area contributed by atoms with Crippen LogP contribution < -0.4 is 10.4 Å². The Morgan fingerprint density at radius 3 is 2.00 bits per heavy atom. The zero-order valence-electron chi connectivity index (χ0n) is 15.3. The van der Waals surface area contributed by atoms with E-state index in [9.17, 15) is 39.2 Å². The molecule has 0 bridgehead atoms. The number of hydrogen-bond donors (Lipinski definition) is 1. The number of hydrazine groups is 1. The fourth-order valence-electron chi connectivity index (χ4n) is 2.98. The van der Waals surface area contributed by atoms with Crippen LogP contribution in [-0.2, 0) is 4.74 Å². The van der Waals surface area contributed by atoms with Crippen LogP contribution in [0, 0.1) is 35.0 Å². The van der Waals surface area contributed by atoms with Gasteiger partial charge in [-0.1, -0.05) is 13.8 Å². The smallest absolute Gasteiger partial charge is 0.418 e. The van der Waals surface area contributed by atoms with Crippen LogP contribution in [0.3, 0.4) is 0 Å². The summed E-state index contributed by atoms with van der Waals surface area (Å²) in [6.07, 6.45) is 0.861. The summed E-state index contributed by atoms with van der Waals surface area (Å²) in [4.78, 5) is 0. The molecule has 3 rings (SSSR count). The number of hydrogen-bond acceptors (Lipinski definition) is 3. The molecule has 29 heavy (non-hydrogen) atoms. The Hall–Kier alpha value is -2.12. The summed E-state index contributed by atoms with van der Waals surface area (Å²) in [7, 11) is -6.00. The minimum atomic E-state index is -6.00. The first-order valence-corrected chi connectivity index (χ1v) is 8.49. The standard InChI is InChI=1S/C15H16F5N3O.BF4/c1-3-7(2)8-4-24-5-9-21-23(6-22(8)9)15-13(19)11(17)10(16)12(18)14(15)20;2-1(3,4)5/h7-8H,3-6H2,1-2H3;/q;-1/p+1/t7?,8-;/m1./s1. The third-order valence-corrected chi connectivity index (χ3v) is 4.59. The lowest BCUT2D eigenvalue weighted by atomic mass is 9.99. The van der Waals surface area contributed by atoms with E-state index in [1.165, 1.54) is 0 Å². The lowest BCUT2D eigenvalue weighted by Gasteiger charge is -2.25. The first-order chi connectivity index (χ1) is 13.4. The Morgan fingerprint density at radius 1 is 1.03 bits per heavy atom. The summed E-state index contributed by atoms with van der Waals surface area (Å²) in [6.45, 7) is 4.60. The van der Waals surface area contributed by atoms with Gasteiger partial charge in [-0.15, -0.1) is 0 Å². The average Bonchev–Trinajstić information content (AvgIpc) is 3.06. The molecule has 2 aliphatic heterocycles. The molecule has 0 aliphatic carbocycles. The van der Waals surface area contributed by atoms with Gasteiger partial charge in [0.25, 0.3) is 5.84 Å². The number of ether oxygens (including phenoxy) is 1. The zero-order chi connectivity index (χ0) is 22.1. The number of nitrogens with one attached hydrogen (secondary N) is 1. The minimum Gasteiger partial charge on any atom is -0.418 e. The number of benzene rings is 1. The molecule has 1 aromatic rings. The quantitative estimate of drug-likeness (QED) is 0.256. The Kier molecular flexibility index (Phi) is 6.96.